The van der Waals surface area contributed by atoms with Gasteiger partial charge in [-0.2, -0.15) is 0 Å². The highest BCUT2D eigenvalue weighted by Gasteiger charge is 2.29. The fraction of sp³-hybridized carbons (Fsp3) is 0.500. The Balaban J connectivity index is 2.24. The predicted octanol–water partition coefficient (Wildman–Crippen LogP) is 1.14. The van der Waals surface area contributed by atoms with Crippen molar-refractivity contribution in [1.29, 1.82) is 0 Å². The van der Waals surface area contributed by atoms with Crippen LogP contribution in [0.2, 0.25) is 0 Å². The number of aromatic nitrogens is 4. The van der Waals surface area contributed by atoms with E-state index in [1.165, 1.54) is 6.33 Å². The first kappa shape index (κ1) is 9.38. The SMILES string of the molecule is CCOc1nn(C2CC2)c2ncnc(N)c12. The second-order valence-electron chi connectivity index (χ2n) is 3.87. The highest BCUT2D eigenvalue weighted by Crippen LogP contribution is 2.39. The van der Waals surface area contributed by atoms with E-state index >= 15 is 0 Å². The second-order valence-corrected chi connectivity index (χ2v) is 3.87. The van der Waals surface area contributed by atoms with Gasteiger partial charge in [-0.05, 0) is 19.8 Å². The van der Waals surface area contributed by atoms with Gasteiger partial charge in [-0.15, -0.1) is 5.10 Å². The molecule has 0 saturated heterocycles. The molecule has 2 N–H and O–H groups in total. The van der Waals surface area contributed by atoms with Crippen molar-refractivity contribution in [3.63, 3.8) is 0 Å². The quantitative estimate of drug-likeness (QED) is 0.837. The van der Waals surface area contributed by atoms with Gasteiger partial charge >= 0.3 is 0 Å². The molecule has 3 rings (SSSR count). The van der Waals surface area contributed by atoms with Gasteiger partial charge in [0.15, 0.2) is 5.65 Å². The average Bonchev–Trinajstić information content (AvgIpc) is 3.04. The summed E-state index contributed by atoms with van der Waals surface area (Å²) in [7, 11) is 0. The first-order chi connectivity index (χ1) is 7.81. The van der Waals surface area contributed by atoms with Crippen molar-refractivity contribution in [3.05, 3.63) is 6.33 Å². The van der Waals surface area contributed by atoms with Gasteiger partial charge in [0.25, 0.3) is 0 Å². The Morgan fingerprint density at radius 1 is 1.50 bits per heavy atom. The summed E-state index contributed by atoms with van der Waals surface area (Å²) in [5.74, 6) is 0.975. The monoisotopic (exact) mass is 219 g/mol. The van der Waals surface area contributed by atoms with E-state index in [1.807, 2.05) is 11.6 Å². The Hall–Kier alpha value is -1.85. The summed E-state index contributed by atoms with van der Waals surface area (Å²) >= 11 is 0. The summed E-state index contributed by atoms with van der Waals surface area (Å²) in [5, 5.41) is 5.15. The molecule has 0 radical (unpaired) electrons. The van der Waals surface area contributed by atoms with Crippen LogP contribution in [0.25, 0.3) is 11.0 Å². The number of anilines is 1. The summed E-state index contributed by atoms with van der Waals surface area (Å²) in [6.07, 6.45) is 3.76. The van der Waals surface area contributed by atoms with Gasteiger partial charge in [-0.1, -0.05) is 0 Å². The van der Waals surface area contributed by atoms with Crippen LogP contribution in [-0.4, -0.2) is 26.4 Å². The van der Waals surface area contributed by atoms with Crippen LogP contribution in [-0.2, 0) is 0 Å². The molecule has 0 atom stereocenters. The molecule has 1 fully saturated rings. The largest absolute Gasteiger partial charge is 0.476 e. The van der Waals surface area contributed by atoms with E-state index in [9.17, 15) is 0 Å². The summed E-state index contributed by atoms with van der Waals surface area (Å²) in [6, 6.07) is 0.450. The number of fused-ring (bicyclic) bond motifs is 1. The molecule has 2 heterocycles. The Morgan fingerprint density at radius 2 is 2.31 bits per heavy atom. The lowest BCUT2D eigenvalue weighted by molar-refractivity contribution is 0.325. The van der Waals surface area contributed by atoms with Crippen molar-refractivity contribution < 1.29 is 4.74 Å². The summed E-state index contributed by atoms with van der Waals surface area (Å²) in [5.41, 5.74) is 6.61. The van der Waals surface area contributed by atoms with E-state index in [4.69, 9.17) is 10.5 Å². The van der Waals surface area contributed by atoms with Crippen LogP contribution < -0.4 is 10.5 Å². The normalized spacial score (nSPS) is 15.6. The van der Waals surface area contributed by atoms with Crippen LogP contribution in [0.1, 0.15) is 25.8 Å². The zero-order valence-corrected chi connectivity index (χ0v) is 9.05. The summed E-state index contributed by atoms with van der Waals surface area (Å²) in [4.78, 5) is 8.21. The molecule has 1 aliphatic carbocycles. The van der Waals surface area contributed by atoms with Crippen LogP contribution in [0.4, 0.5) is 5.82 Å². The third-order valence-electron chi connectivity index (χ3n) is 2.66. The standard InChI is InChI=1S/C10H13N5O/c1-2-16-10-7-8(11)12-5-13-9(7)15(14-10)6-3-4-6/h5-6H,2-4H2,1H3,(H2,11,12,13). The molecule has 2 aromatic heterocycles. The number of nitrogens with zero attached hydrogens (tertiary/aromatic N) is 4. The first-order valence-electron chi connectivity index (χ1n) is 5.42. The van der Waals surface area contributed by atoms with Crippen LogP contribution >= 0.6 is 0 Å². The van der Waals surface area contributed by atoms with E-state index in [0.29, 0.717) is 24.3 Å². The molecule has 0 unspecified atom stereocenters. The highest BCUT2D eigenvalue weighted by atomic mass is 16.5. The lowest BCUT2D eigenvalue weighted by Crippen LogP contribution is -1.98. The summed E-state index contributed by atoms with van der Waals surface area (Å²) in [6.45, 7) is 2.48. The smallest absolute Gasteiger partial charge is 0.246 e. The Kier molecular flexibility index (Phi) is 1.95. The van der Waals surface area contributed by atoms with Crippen molar-refractivity contribution in [3.8, 4) is 5.88 Å². The van der Waals surface area contributed by atoms with E-state index in [2.05, 4.69) is 15.1 Å². The fourth-order valence-electron chi connectivity index (χ4n) is 1.77. The Labute approximate surface area is 92.4 Å². The molecule has 1 saturated carbocycles. The second kappa shape index (κ2) is 3.33. The van der Waals surface area contributed by atoms with Crippen LogP contribution in [0.3, 0.4) is 0 Å². The lowest BCUT2D eigenvalue weighted by atomic mass is 10.4. The molecule has 6 heteroatoms. The van der Waals surface area contributed by atoms with E-state index in [-0.39, 0.29) is 0 Å². The molecule has 84 valence electrons. The van der Waals surface area contributed by atoms with Gasteiger partial charge in [-0.25, -0.2) is 14.6 Å². The van der Waals surface area contributed by atoms with Crippen molar-refractivity contribution in [2.75, 3.05) is 12.3 Å². The minimum Gasteiger partial charge on any atom is -0.476 e. The predicted molar refractivity (Wildman–Crippen MR) is 59.2 cm³/mol. The third-order valence-corrected chi connectivity index (χ3v) is 2.66. The first-order valence-corrected chi connectivity index (χ1v) is 5.42. The molecule has 0 aliphatic heterocycles. The number of hydrogen-bond donors (Lipinski definition) is 1. The van der Waals surface area contributed by atoms with Crippen LogP contribution in [0.15, 0.2) is 6.33 Å². The lowest BCUT2D eigenvalue weighted by Gasteiger charge is -1.98. The van der Waals surface area contributed by atoms with Gasteiger partial charge in [0.1, 0.15) is 17.5 Å². The molecule has 6 nitrogen and oxygen atoms in total. The van der Waals surface area contributed by atoms with Crippen LogP contribution in [0, 0.1) is 0 Å². The molecule has 2 aromatic rings. The number of ether oxygens (including phenoxy) is 1. The van der Waals surface area contributed by atoms with Gasteiger partial charge in [0.05, 0.1) is 12.6 Å². The number of rotatable bonds is 3. The molecule has 0 bridgehead atoms. The molecule has 0 aromatic carbocycles. The maximum Gasteiger partial charge on any atom is 0.246 e. The van der Waals surface area contributed by atoms with Gasteiger partial charge < -0.3 is 10.5 Å². The number of nitrogens with two attached hydrogens (primary N) is 1. The fourth-order valence-corrected chi connectivity index (χ4v) is 1.77. The Bertz CT molecular complexity index is 531. The van der Waals surface area contributed by atoms with E-state index in [1.54, 1.807) is 0 Å². The average molecular weight is 219 g/mol. The van der Waals surface area contributed by atoms with Crippen LogP contribution in [0.5, 0.6) is 5.88 Å². The third kappa shape index (κ3) is 1.30. The molecular weight excluding hydrogens is 206 g/mol. The minimum atomic E-state index is 0.431. The number of hydrogen-bond acceptors (Lipinski definition) is 5. The molecule has 0 spiro atoms. The minimum absolute atomic E-state index is 0.431. The zero-order valence-electron chi connectivity index (χ0n) is 9.05. The zero-order chi connectivity index (χ0) is 11.1. The van der Waals surface area contributed by atoms with Gasteiger partial charge in [0.2, 0.25) is 5.88 Å². The van der Waals surface area contributed by atoms with Gasteiger partial charge in [0, 0.05) is 0 Å². The Morgan fingerprint density at radius 3 is 3.00 bits per heavy atom. The van der Waals surface area contributed by atoms with Crippen molar-refractivity contribution in [2.24, 2.45) is 0 Å². The van der Waals surface area contributed by atoms with Crippen molar-refractivity contribution >= 4 is 16.9 Å². The summed E-state index contributed by atoms with van der Waals surface area (Å²) < 4.78 is 7.37. The number of nitrogen functional groups attached to an aromatic ring is 1. The maximum atomic E-state index is 5.84. The van der Waals surface area contributed by atoms with Crippen molar-refractivity contribution in [1.82, 2.24) is 19.7 Å². The van der Waals surface area contributed by atoms with Gasteiger partial charge in [-0.3, -0.25) is 0 Å². The molecule has 0 amide bonds. The van der Waals surface area contributed by atoms with E-state index in [0.717, 1.165) is 23.9 Å². The van der Waals surface area contributed by atoms with E-state index < -0.39 is 0 Å². The van der Waals surface area contributed by atoms with Crippen molar-refractivity contribution in [2.45, 2.75) is 25.8 Å². The molecule has 16 heavy (non-hydrogen) atoms. The molecular formula is C10H13N5O. The highest BCUT2D eigenvalue weighted by molar-refractivity contribution is 5.90. The topological polar surface area (TPSA) is 78.8 Å². The maximum absolute atomic E-state index is 5.84. The molecule has 1 aliphatic rings.